The summed E-state index contributed by atoms with van der Waals surface area (Å²) >= 11 is 0. The summed E-state index contributed by atoms with van der Waals surface area (Å²) < 4.78 is 28.5. The van der Waals surface area contributed by atoms with Crippen LogP contribution in [0.1, 0.15) is 34.7 Å². The highest BCUT2D eigenvalue weighted by Gasteiger charge is 2.32. The van der Waals surface area contributed by atoms with Gasteiger partial charge < -0.3 is 5.73 Å². The van der Waals surface area contributed by atoms with Gasteiger partial charge in [0.1, 0.15) is 11.6 Å². The van der Waals surface area contributed by atoms with Gasteiger partial charge in [0.25, 0.3) is 0 Å². The van der Waals surface area contributed by atoms with E-state index in [1.54, 1.807) is 13.8 Å². The molecule has 2 aromatic rings. The third-order valence-electron chi connectivity index (χ3n) is 3.76. The van der Waals surface area contributed by atoms with Gasteiger partial charge in [-0.2, -0.15) is 0 Å². The van der Waals surface area contributed by atoms with Gasteiger partial charge in [-0.15, -0.1) is 0 Å². The van der Waals surface area contributed by atoms with Crippen molar-refractivity contribution in [2.24, 2.45) is 5.73 Å². The molecule has 0 spiro atoms. The van der Waals surface area contributed by atoms with Crippen LogP contribution in [0.5, 0.6) is 0 Å². The number of benzene rings is 2. The Labute approximate surface area is 118 Å². The molecule has 0 aliphatic carbocycles. The minimum absolute atomic E-state index is 0.0776. The number of aryl methyl sites for hydroxylation is 3. The molecule has 3 heteroatoms. The Bertz CT molecular complexity index is 660. The SMILES string of the molecule is Cc1ccc(C)c(C(C)(N)c2c(F)ccc(C)c2F)c1. The fourth-order valence-electron chi connectivity index (χ4n) is 2.56. The Morgan fingerprint density at radius 3 is 2.20 bits per heavy atom. The average Bonchev–Trinajstić information content (AvgIpc) is 2.37. The predicted octanol–water partition coefficient (Wildman–Crippen LogP) is 4.11. The minimum atomic E-state index is -1.21. The Morgan fingerprint density at radius 2 is 1.55 bits per heavy atom. The topological polar surface area (TPSA) is 26.0 Å². The van der Waals surface area contributed by atoms with Crippen LogP contribution in [0.3, 0.4) is 0 Å². The molecule has 0 saturated heterocycles. The molecule has 0 amide bonds. The molecule has 1 atom stereocenters. The zero-order valence-electron chi connectivity index (χ0n) is 12.2. The summed E-state index contributed by atoms with van der Waals surface area (Å²) in [5, 5.41) is 0. The van der Waals surface area contributed by atoms with Crippen LogP contribution in [0.25, 0.3) is 0 Å². The first-order chi connectivity index (χ1) is 9.25. The van der Waals surface area contributed by atoms with Crippen molar-refractivity contribution in [3.05, 3.63) is 69.8 Å². The molecule has 20 heavy (non-hydrogen) atoms. The normalized spacial score (nSPS) is 14.2. The van der Waals surface area contributed by atoms with E-state index in [-0.39, 0.29) is 5.56 Å². The van der Waals surface area contributed by atoms with Crippen LogP contribution in [-0.4, -0.2) is 0 Å². The Morgan fingerprint density at radius 1 is 0.950 bits per heavy atom. The highest BCUT2D eigenvalue weighted by Crippen LogP contribution is 2.34. The maximum Gasteiger partial charge on any atom is 0.134 e. The van der Waals surface area contributed by atoms with Gasteiger partial charge >= 0.3 is 0 Å². The lowest BCUT2D eigenvalue weighted by atomic mass is 9.81. The van der Waals surface area contributed by atoms with Gasteiger partial charge in [-0.1, -0.05) is 29.8 Å². The summed E-state index contributed by atoms with van der Waals surface area (Å²) in [6.07, 6.45) is 0. The summed E-state index contributed by atoms with van der Waals surface area (Å²) in [5.74, 6) is -1.19. The molecule has 0 saturated carbocycles. The average molecular weight is 275 g/mol. The van der Waals surface area contributed by atoms with Gasteiger partial charge in [-0.25, -0.2) is 8.78 Å². The van der Waals surface area contributed by atoms with E-state index in [0.29, 0.717) is 5.56 Å². The van der Waals surface area contributed by atoms with E-state index < -0.39 is 17.2 Å². The van der Waals surface area contributed by atoms with Crippen molar-refractivity contribution in [2.75, 3.05) is 0 Å². The maximum absolute atomic E-state index is 14.4. The van der Waals surface area contributed by atoms with Crippen LogP contribution in [0.15, 0.2) is 30.3 Å². The first-order valence-corrected chi connectivity index (χ1v) is 6.57. The summed E-state index contributed by atoms with van der Waals surface area (Å²) in [6, 6.07) is 8.45. The number of rotatable bonds is 2. The van der Waals surface area contributed by atoms with Crippen molar-refractivity contribution in [1.82, 2.24) is 0 Å². The molecule has 2 rings (SSSR count). The van der Waals surface area contributed by atoms with Crippen molar-refractivity contribution in [1.29, 1.82) is 0 Å². The lowest BCUT2D eigenvalue weighted by Gasteiger charge is -2.29. The maximum atomic E-state index is 14.4. The van der Waals surface area contributed by atoms with Crippen molar-refractivity contribution in [3.8, 4) is 0 Å². The summed E-state index contributed by atoms with van der Waals surface area (Å²) in [7, 11) is 0. The fraction of sp³-hybridized carbons (Fsp3) is 0.294. The molecule has 0 fully saturated rings. The third-order valence-corrected chi connectivity index (χ3v) is 3.76. The van der Waals surface area contributed by atoms with E-state index in [1.165, 1.54) is 12.1 Å². The van der Waals surface area contributed by atoms with Crippen LogP contribution >= 0.6 is 0 Å². The molecule has 0 heterocycles. The van der Waals surface area contributed by atoms with Crippen LogP contribution in [0.2, 0.25) is 0 Å². The highest BCUT2D eigenvalue weighted by molar-refractivity contribution is 5.45. The monoisotopic (exact) mass is 275 g/mol. The van der Waals surface area contributed by atoms with E-state index in [0.717, 1.165) is 16.7 Å². The van der Waals surface area contributed by atoms with E-state index in [4.69, 9.17) is 5.73 Å². The van der Waals surface area contributed by atoms with Crippen LogP contribution in [0.4, 0.5) is 8.78 Å². The first-order valence-electron chi connectivity index (χ1n) is 6.57. The highest BCUT2D eigenvalue weighted by atomic mass is 19.1. The van der Waals surface area contributed by atoms with Crippen LogP contribution in [0, 0.1) is 32.4 Å². The first kappa shape index (κ1) is 14.7. The number of hydrogen-bond donors (Lipinski definition) is 1. The van der Waals surface area contributed by atoms with Crippen molar-refractivity contribution in [3.63, 3.8) is 0 Å². The number of nitrogens with two attached hydrogens (primary N) is 1. The molecule has 106 valence electrons. The molecule has 2 aromatic carbocycles. The van der Waals surface area contributed by atoms with Crippen molar-refractivity contribution < 1.29 is 8.78 Å². The molecular formula is C17H19F2N. The van der Waals surface area contributed by atoms with Gasteiger partial charge in [0.05, 0.1) is 5.54 Å². The van der Waals surface area contributed by atoms with E-state index in [1.807, 2.05) is 32.0 Å². The molecule has 2 N–H and O–H groups in total. The second-order valence-corrected chi connectivity index (χ2v) is 5.57. The smallest absolute Gasteiger partial charge is 0.134 e. The van der Waals surface area contributed by atoms with Crippen LogP contribution < -0.4 is 5.73 Å². The fourth-order valence-corrected chi connectivity index (χ4v) is 2.56. The molecular weight excluding hydrogens is 256 g/mol. The Balaban J connectivity index is 2.73. The zero-order chi connectivity index (χ0) is 15.1. The van der Waals surface area contributed by atoms with Gasteiger partial charge in [0.2, 0.25) is 0 Å². The van der Waals surface area contributed by atoms with Gasteiger partial charge in [0.15, 0.2) is 0 Å². The molecule has 0 aromatic heterocycles. The lowest BCUT2D eigenvalue weighted by molar-refractivity contribution is 0.477. The second kappa shape index (κ2) is 4.98. The Hall–Kier alpha value is -1.74. The molecule has 0 bridgehead atoms. The van der Waals surface area contributed by atoms with Gasteiger partial charge in [-0.3, -0.25) is 0 Å². The van der Waals surface area contributed by atoms with Crippen molar-refractivity contribution >= 4 is 0 Å². The molecule has 0 radical (unpaired) electrons. The summed E-state index contributed by atoms with van der Waals surface area (Å²) in [5.41, 5.74) is 8.09. The summed E-state index contributed by atoms with van der Waals surface area (Å²) in [4.78, 5) is 0. The molecule has 0 aliphatic heterocycles. The minimum Gasteiger partial charge on any atom is -0.318 e. The quantitative estimate of drug-likeness (QED) is 0.877. The second-order valence-electron chi connectivity index (χ2n) is 5.57. The zero-order valence-corrected chi connectivity index (χ0v) is 12.2. The van der Waals surface area contributed by atoms with E-state index in [2.05, 4.69) is 0 Å². The van der Waals surface area contributed by atoms with Gasteiger partial charge in [0, 0.05) is 5.56 Å². The number of hydrogen-bond acceptors (Lipinski definition) is 1. The molecule has 0 aliphatic rings. The largest absolute Gasteiger partial charge is 0.318 e. The van der Waals surface area contributed by atoms with Crippen molar-refractivity contribution in [2.45, 2.75) is 33.2 Å². The molecule has 1 unspecified atom stereocenters. The summed E-state index contributed by atoms with van der Waals surface area (Å²) in [6.45, 7) is 7.08. The van der Waals surface area contributed by atoms with Crippen LogP contribution in [-0.2, 0) is 5.54 Å². The lowest BCUT2D eigenvalue weighted by Crippen LogP contribution is -2.37. The number of halogens is 2. The third kappa shape index (κ3) is 2.34. The predicted molar refractivity (Wildman–Crippen MR) is 77.7 cm³/mol. The van der Waals surface area contributed by atoms with E-state index in [9.17, 15) is 8.78 Å². The Kier molecular flexibility index (Phi) is 3.65. The standard InChI is InChI=1S/C17H19F2N/c1-10-5-6-11(2)13(9-10)17(4,20)15-14(18)8-7-12(3)16(15)19/h5-9H,20H2,1-4H3. The molecule has 1 nitrogen and oxygen atoms in total. The van der Waals surface area contributed by atoms with Gasteiger partial charge in [-0.05, 0) is 50.5 Å². The van der Waals surface area contributed by atoms with E-state index >= 15 is 0 Å².